The first-order valence-corrected chi connectivity index (χ1v) is 9.77. The molecule has 0 aromatic heterocycles. The van der Waals surface area contributed by atoms with E-state index in [0.717, 1.165) is 37.0 Å². The zero-order chi connectivity index (χ0) is 14.4. The van der Waals surface area contributed by atoms with Crippen LogP contribution in [0.3, 0.4) is 0 Å². The van der Waals surface area contributed by atoms with E-state index >= 15 is 0 Å². The first kappa shape index (κ1) is 15.0. The predicted octanol–water partition coefficient (Wildman–Crippen LogP) is 3.75. The van der Waals surface area contributed by atoms with Crippen molar-refractivity contribution in [3.05, 3.63) is 0 Å². The molecule has 4 saturated carbocycles. The Kier molecular flexibility index (Phi) is 4.05. The highest BCUT2D eigenvalue weighted by Crippen LogP contribution is 2.68. The quantitative estimate of drug-likeness (QED) is 0.759. The summed E-state index contributed by atoms with van der Waals surface area (Å²) in [6.45, 7) is 4.52. The standard InChI is InChI=1S/C15H28NO3P/c1-3-18-20(17,19-4-2)14(16)15-8-11-5-12(9-15)7-13(6-11)10-15/h11-14H,3-10,16H2,1-2H3. The Morgan fingerprint density at radius 1 is 1.05 bits per heavy atom. The Balaban J connectivity index is 1.85. The van der Waals surface area contributed by atoms with Crippen LogP contribution in [-0.2, 0) is 13.6 Å². The molecule has 4 fully saturated rings. The van der Waals surface area contributed by atoms with E-state index in [2.05, 4.69) is 0 Å². The summed E-state index contributed by atoms with van der Waals surface area (Å²) in [5.74, 6) is 1.94. The van der Waals surface area contributed by atoms with Crippen LogP contribution in [0.2, 0.25) is 0 Å². The molecule has 0 aliphatic heterocycles. The van der Waals surface area contributed by atoms with Crippen LogP contribution in [0, 0.1) is 23.2 Å². The van der Waals surface area contributed by atoms with Gasteiger partial charge >= 0.3 is 7.60 Å². The van der Waals surface area contributed by atoms with E-state index < -0.39 is 13.4 Å². The molecule has 0 radical (unpaired) electrons. The van der Waals surface area contributed by atoms with E-state index in [0.29, 0.717) is 13.2 Å². The van der Waals surface area contributed by atoms with E-state index in [-0.39, 0.29) is 5.41 Å². The van der Waals surface area contributed by atoms with Crippen molar-refractivity contribution in [2.24, 2.45) is 28.9 Å². The smallest absolute Gasteiger partial charge is 0.317 e. The summed E-state index contributed by atoms with van der Waals surface area (Å²) in [5, 5.41) is 0. The van der Waals surface area contributed by atoms with Gasteiger partial charge in [0.15, 0.2) is 0 Å². The molecular weight excluding hydrogens is 273 g/mol. The van der Waals surface area contributed by atoms with Crippen LogP contribution in [-0.4, -0.2) is 19.0 Å². The molecule has 4 bridgehead atoms. The minimum absolute atomic E-state index is 0.00855. The Morgan fingerprint density at radius 3 is 1.80 bits per heavy atom. The number of hydrogen-bond donors (Lipinski definition) is 1. The summed E-state index contributed by atoms with van der Waals surface area (Å²) in [6.07, 6.45) is 7.47. The average molecular weight is 301 g/mol. The third-order valence-electron chi connectivity index (χ3n) is 5.67. The van der Waals surface area contributed by atoms with Crippen LogP contribution in [0.4, 0.5) is 0 Å². The SMILES string of the molecule is CCOP(=O)(OCC)C(N)C12CC3CC(CC(C3)C1)C2. The molecule has 4 aliphatic carbocycles. The second-order valence-corrected chi connectivity index (χ2v) is 9.25. The van der Waals surface area contributed by atoms with Gasteiger partial charge in [0.25, 0.3) is 0 Å². The summed E-state index contributed by atoms with van der Waals surface area (Å²) in [4.78, 5) is 0. The van der Waals surface area contributed by atoms with Crippen LogP contribution >= 0.6 is 7.60 Å². The van der Waals surface area contributed by atoms with Gasteiger partial charge in [-0.05, 0) is 75.5 Å². The van der Waals surface area contributed by atoms with Gasteiger partial charge in [-0.15, -0.1) is 0 Å². The highest BCUT2D eigenvalue weighted by Gasteiger charge is 2.58. The minimum Gasteiger partial charge on any atom is -0.317 e. The van der Waals surface area contributed by atoms with Crippen LogP contribution in [0.25, 0.3) is 0 Å². The second kappa shape index (κ2) is 5.39. The van der Waals surface area contributed by atoms with Crippen molar-refractivity contribution in [1.29, 1.82) is 0 Å². The number of nitrogens with two attached hydrogens (primary N) is 1. The molecule has 0 amide bonds. The van der Waals surface area contributed by atoms with Crippen LogP contribution in [0.15, 0.2) is 0 Å². The molecule has 0 aromatic carbocycles. The van der Waals surface area contributed by atoms with Gasteiger partial charge in [0, 0.05) is 0 Å². The lowest BCUT2D eigenvalue weighted by atomic mass is 9.49. The largest absolute Gasteiger partial charge is 0.347 e. The Morgan fingerprint density at radius 2 is 1.45 bits per heavy atom. The molecule has 0 aromatic rings. The zero-order valence-corrected chi connectivity index (χ0v) is 13.6. The lowest BCUT2D eigenvalue weighted by Crippen LogP contribution is -2.54. The van der Waals surface area contributed by atoms with Gasteiger partial charge in [0.1, 0.15) is 5.78 Å². The Hall–Kier alpha value is 0.110. The molecule has 0 saturated heterocycles. The van der Waals surface area contributed by atoms with E-state index in [1.165, 1.54) is 19.3 Å². The fourth-order valence-corrected chi connectivity index (χ4v) is 7.54. The monoisotopic (exact) mass is 301 g/mol. The maximum atomic E-state index is 13.1. The molecule has 4 nitrogen and oxygen atoms in total. The summed E-state index contributed by atoms with van der Waals surface area (Å²) >= 11 is 0. The second-order valence-electron chi connectivity index (χ2n) is 7.10. The van der Waals surface area contributed by atoms with Crippen molar-refractivity contribution >= 4 is 7.60 Å². The van der Waals surface area contributed by atoms with E-state index in [1.54, 1.807) is 0 Å². The number of rotatable bonds is 6. The van der Waals surface area contributed by atoms with Gasteiger partial charge in [-0.2, -0.15) is 0 Å². The summed E-state index contributed by atoms with van der Waals surface area (Å²) in [7, 11) is -3.18. The third kappa shape index (κ3) is 2.39. The highest BCUT2D eigenvalue weighted by atomic mass is 31.2. The van der Waals surface area contributed by atoms with Crippen molar-refractivity contribution in [3.63, 3.8) is 0 Å². The predicted molar refractivity (Wildman–Crippen MR) is 79.4 cm³/mol. The Bertz CT molecular complexity index is 367. The molecule has 1 atom stereocenters. The van der Waals surface area contributed by atoms with Crippen molar-refractivity contribution in [3.8, 4) is 0 Å². The molecular formula is C15H28NO3P. The summed E-state index contributed by atoms with van der Waals surface area (Å²) in [6, 6.07) is 0. The Labute approximate surface area is 122 Å². The van der Waals surface area contributed by atoms with Gasteiger partial charge in [-0.3, -0.25) is 4.57 Å². The zero-order valence-electron chi connectivity index (χ0n) is 12.7. The van der Waals surface area contributed by atoms with Crippen molar-refractivity contribution in [1.82, 2.24) is 0 Å². The molecule has 5 heteroatoms. The molecule has 4 rings (SSSR count). The maximum absolute atomic E-state index is 13.1. The average Bonchev–Trinajstić information content (AvgIpc) is 2.36. The topological polar surface area (TPSA) is 61.5 Å². The van der Waals surface area contributed by atoms with Crippen molar-refractivity contribution in [2.75, 3.05) is 13.2 Å². The van der Waals surface area contributed by atoms with Crippen LogP contribution < -0.4 is 5.73 Å². The van der Waals surface area contributed by atoms with Crippen molar-refractivity contribution in [2.45, 2.75) is 58.2 Å². The maximum Gasteiger partial charge on any atom is 0.347 e. The molecule has 1 unspecified atom stereocenters. The highest BCUT2D eigenvalue weighted by molar-refractivity contribution is 7.54. The third-order valence-corrected chi connectivity index (χ3v) is 8.14. The molecule has 20 heavy (non-hydrogen) atoms. The first-order valence-electron chi connectivity index (χ1n) is 8.15. The van der Waals surface area contributed by atoms with Gasteiger partial charge < -0.3 is 14.8 Å². The van der Waals surface area contributed by atoms with Gasteiger partial charge in [0.05, 0.1) is 13.2 Å². The van der Waals surface area contributed by atoms with E-state index in [4.69, 9.17) is 14.8 Å². The van der Waals surface area contributed by atoms with Crippen molar-refractivity contribution < 1.29 is 13.6 Å². The number of hydrogen-bond acceptors (Lipinski definition) is 4. The molecule has 0 spiro atoms. The fraction of sp³-hybridized carbons (Fsp3) is 1.00. The van der Waals surface area contributed by atoms with E-state index in [1.807, 2.05) is 13.8 Å². The molecule has 0 heterocycles. The van der Waals surface area contributed by atoms with Crippen LogP contribution in [0.5, 0.6) is 0 Å². The molecule has 116 valence electrons. The first-order chi connectivity index (χ1) is 9.51. The van der Waals surface area contributed by atoms with Gasteiger partial charge in [-0.25, -0.2) is 0 Å². The fourth-order valence-electron chi connectivity index (χ4n) is 5.43. The normalized spacial score (nSPS) is 41.0. The van der Waals surface area contributed by atoms with Gasteiger partial charge in [-0.1, -0.05) is 0 Å². The van der Waals surface area contributed by atoms with Crippen LogP contribution in [0.1, 0.15) is 52.4 Å². The van der Waals surface area contributed by atoms with E-state index in [9.17, 15) is 4.57 Å². The summed E-state index contributed by atoms with van der Waals surface area (Å²) in [5.41, 5.74) is 6.52. The molecule has 4 aliphatic rings. The van der Waals surface area contributed by atoms with Gasteiger partial charge in [0.2, 0.25) is 0 Å². The lowest BCUT2D eigenvalue weighted by Gasteiger charge is -2.59. The minimum atomic E-state index is -3.18. The molecule has 2 N–H and O–H groups in total. The summed E-state index contributed by atoms with van der Waals surface area (Å²) < 4.78 is 24.1. The lowest BCUT2D eigenvalue weighted by molar-refractivity contribution is -0.0583.